The van der Waals surface area contributed by atoms with Gasteiger partial charge in [0.2, 0.25) is 0 Å². The highest BCUT2D eigenvalue weighted by molar-refractivity contribution is 4.47. The van der Waals surface area contributed by atoms with Crippen LogP contribution in [0.15, 0.2) is 0 Å². The SMILES string of the molecule is CCCCCCCCCCCC[N+](C)(C)OCC.[OH-]. The van der Waals surface area contributed by atoms with Crippen molar-refractivity contribution in [1.82, 2.24) is 0 Å². The second-order valence-electron chi connectivity index (χ2n) is 5.90. The summed E-state index contributed by atoms with van der Waals surface area (Å²) in [4.78, 5) is 5.65. The van der Waals surface area contributed by atoms with Crippen LogP contribution < -0.4 is 0 Å². The highest BCUT2D eigenvalue weighted by atomic mass is 16.7. The summed E-state index contributed by atoms with van der Waals surface area (Å²) in [6.45, 7) is 6.30. The van der Waals surface area contributed by atoms with Crippen molar-refractivity contribution in [2.75, 3.05) is 27.2 Å². The molecule has 0 aliphatic heterocycles. The van der Waals surface area contributed by atoms with Gasteiger partial charge in [-0.3, -0.25) is 0 Å². The van der Waals surface area contributed by atoms with Crippen LogP contribution in [0.1, 0.15) is 78.1 Å². The van der Waals surface area contributed by atoms with E-state index in [1.807, 2.05) is 0 Å². The third kappa shape index (κ3) is 15.8. The van der Waals surface area contributed by atoms with Gasteiger partial charge >= 0.3 is 0 Å². The van der Waals surface area contributed by atoms with Gasteiger partial charge in [-0.05, 0) is 19.8 Å². The molecule has 1 N–H and O–H groups in total. The fourth-order valence-corrected chi connectivity index (χ4v) is 2.39. The Hall–Kier alpha value is -0.120. The molecule has 3 heteroatoms. The second kappa shape index (κ2) is 14.3. The minimum absolute atomic E-state index is 0. The lowest BCUT2D eigenvalue weighted by molar-refractivity contribution is -1.08. The average Bonchev–Trinajstić information content (AvgIpc) is 2.31. The molecule has 118 valence electrons. The smallest absolute Gasteiger partial charge is 0.108 e. The van der Waals surface area contributed by atoms with E-state index in [9.17, 15) is 0 Å². The van der Waals surface area contributed by atoms with E-state index in [0.717, 1.165) is 13.2 Å². The summed E-state index contributed by atoms with van der Waals surface area (Å²) in [6, 6.07) is 0. The molecule has 0 fully saturated rings. The van der Waals surface area contributed by atoms with E-state index in [1.54, 1.807) is 0 Å². The van der Waals surface area contributed by atoms with Gasteiger partial charge in [0.05, 0.1) is 14.1 Å². The highest BCUT2D eigenvalue weighted by Crippen LogP contribution is 2.11. The summed E-state index contributed by atoms with van der Waals surface area (Å²) >= 11 is 0. The van der Waals surface area contributed by atoms with Crippen molar-refractivity contribution in [1.29, 1.82) is 0 Å². The zero-order valence-corrected chi connectivity index (χ0v) is 13.8. The topological polar surface area (TPSA) is 39.2 Å². The first-order chi connectivity index (χ1) is 8.62. The van der Waals surface area contributed by atoms with E-state index < -0.39 is 0 Å². The fourth-order valence-electron chi connectivity index (χ4n) is 2.39. The summed E-state index contributed by atoms with van der Waals surface area (Å²) in [7, 11) is 4.30. The summed E-state index contributed by atoms with van der Waals surface area (Å²) in [5.74, 6) is 0. The van der Waals surface area contributed by atoms with Crippen molar-refractivity contribution < 1.29 is 15.0 Å². The summed E-state index contributed by atoms with van der Waals surface area (Å²) < 4.78 is 0.716. The molecule has 0 aromatic carbocycles. The first-order valence-corrected chi connectivity index (χ1v) is 8.10. The normalized spacial score (nSPS) is 11.4. The third-order valence-electron chi connectivity index (χ3n) is 3.53. The van der Waals surface area contributed by atoms with Crippen LogP contribution in [0, 0.1) is 0 Å². The van der Waals surface area contributed by atoms with E-state index in [-0.39, 0.29) is 5.48 Å². The molecule has 0 rings (SSSR count). The maximum atomic E-state index is 5.65. The van der Waals surface area contributed by atoms with Gasteiger partial charge in [-0.25, -0.2) is 4.84 Å². The van der Waals surface area contributed by atoms with E-state index in [0.29, 0.717) is 4.65 Å². The molecule has 0 bridgehead atoms. The summed E-state index contributed by atoms with van der Waals surface area (Å²) in [5, 5.41) is 0. The Morgan fingerprint density at radius 3 is 1.53 bits per heavy atom. The van der Waals surface area contributed by atoms with Crippen molar-refractivity contribution in [2.45, 2.75) is 78.1 Å². The molecule has 0 aromatic rings. The molecule has 0 saturated heterocycles. The predicted molar refractivity (Wildman–Crippen MR) is 82.4 cm³/mol. The maximum Gasteiger partial charge on any atom is 0.108 e. The molecule has 0 aliphatic rings. The van der Waals surface area contributed by atoms with Gasteiger partial charge in [-0.2, -0.15) is 4.65 Å². The van der Waals surface area contributed by atoms with Crippen LogP contribution in [0.3, 0.4) is 0 Å². The van der Waals surface area contributed by atoms with Gasteiger partial charge in [-0.1, -0.05) is 58.3 Å². The number of nitrogens with zero attached hydrogens (tertiary/aromatic N) is 1. The summed E-state index contributed by atoms with van der Waals surface area (Å²) in [6.07, 6.45) is 14.0. The largest absolute Gasteiger partial charge is 0.870 e. The molecule has 0 aromatic heterocycles. The zero-order chi connectivity index (χ0) is 13.7. The minimum Gasteiger partial charge on any atom is -0.870 e. The lowest BCUT2D eigenvalue weighted by Crippen LogP contribution is -2.40. The van der Waals surface area contributed by atoms with Gasteiger partial charge in [0.15, 0.2) is 0 Å². The van der Waals surface area contributed by atoms with E-state index in [2.05, 4.69) is 27.9 Å². The van der Waals surface area contributed by atoms with Gasteiger partial charge in [0, 0.05) is 0 Å². The van der Waals surface area contributed by atoms with Crippen molar-refractivity contribution in [3.63, 3.8) is 0 Å². The fraction of sp³-hybridized carbons (Fsp3) is 1.00. The second-order valence-corrected chi connectivity index (χ2v) is 5.90. The number of hydroxylamine groups is 3. The number of rotatable bonds is 13. The van der Waals surface area contributed by atoms with Gasteiger partial charge < -0.3 is 5.48 Å². The van der Waals surface area contributed by atoms with Gasteiger partial charge in [0.1, 0.15) is 13.2 Å². The molecule has 0 unspecified atom stereocenters. The monoisotopic (exact) mass is 275 g/mol. The first kappa shape index (κ1) is 21.2. The molecule has 0 atom stereocenters. The Labute approximate surface area is 121 Å². The molecule has 0 spiro atoms. The number of quaternary nitrogens is 1. The van der Waals surface area contributed by atoms with Crippen molar-refractivity contribution in [3.8, 4) is 0 Å². The quantitative estimate of drug-likeness (QED) is 0.276. The van der Waals surface area contributed by atoms with Crippen LogP contribution in [-0.2, 0) is 4.84 Å². The molecular formula is C16H37NO2. The van der Waals surface area contributed by atoms with Gasteiger partial charge in [0.25, 0.3) is 0 Å². The number of hydrogen-bond acceptors (Lipinski definition) is 2. The van der Waals surface area contributed by atoms with E-state index in [1.165, 1.54) is 64.2 Å². The zero-order valence-electron chi connectivity index (χ0n) is 13.8. The lowest BCUT2D eigenvalue weighted by Gasteiger charge is -2.26. The Morgan fingerprint density at radius 2 is 1.11 bits per heavy atom. The van der Waals surface area contributed by atoms with Crippen LogP contribution in [0.5, 0.6) is 0 Å². The molecule has 3 nitrogen and oxygen atoms in total. The van der Waals surface area contributed by atoms with Crippen LogP contribution in [0.2, 0.25) is 0 Å². The van der Waals surface area contributed by atoms with Crippen LogP contribution in [0.25, 0.3) is 0 Å². The van der Waals surface area contributed by atoms with Crippen LogP contribution in [-0.4, -0.2) is 37.4 Å². The summed E-state index contributed by atoms with van der Waals surface area (Å²) in [5.41, 5.74) is 0. The standard InChI is InChI=1S/C16H36NO.H2O/c1-5-7-8-9-10-11-12-13-14-15-16-17(3,4)18-6-2;/h5-16H2,1-4H3;1H2/q+1;/p-1. The number of hydrogen-bond donors (Lipinski definition) is 0. The Kier molecular flexibility index (Phi) is 15.9. The molecule has 0 radical (unpaired) electrons. The van der Waals surface area contributed by atoms with Crippen molar-refractivity contribution >= 4 is 0 Å². The van der Waals surface area contributed by atoms with E-state index in [4.69, 9.17) is 4.84 Å². The first-order valence-electron chi connectivity index (χ1n) is 8.10. The molecule has 0 heterocycles. The molecular weight excluding hydrogens is 238 g/mol. The predicted octanol–water partition coefficient (Wildman–Crippen LogP) is 4.76. The minimum atomic E-state index is 0. The molecule has 0 aliphatic carbocycles. The Balaban J connectivity index is 0. The Bertz CT molecular complexity index is 172. The van der Waals surface area contributed by atoms with Gasteiger partial charge in [-0.15, -0.1) is 0 Å². The van der Waals surface area contributed by atoms with E-state index >= 15 is 0 Å². The average molecular weight is 275 g/mol. The Morgan fingerprint density at radius 1 is 0.684 bits per heavy atom. The molecule has 0 amide bonds. The van der Waals surface area contributed by atoms with Crippen molar-refractivity contribution in [2.24, 2.45) is 0 Å². The molecule has 0 saturated carbocycles. The lowest BCUT2D eigenvalue weighted by atomic mass is 10.1. The highest BCUT2D eigenvalue weighted by Gasteiger charge is 2.14. The molecule has 19 heavy (non-hydrogen) atoms. The number of unbranched alkanes of at least 4 members (excludes halogenated alkanes) is 9. The van der Waals surface area contributed by atoms with Crippen LogP contribution in [0.4, 0.5) is 0 Å². The third-order valence-corrected chi connectivity index (χ3v) is 3.53. The van der Waals surface area contributed by atoms with Crippen LogP contribution >= 0.6 is 0 Å². The maximum absolute atomic E-state index is 5.65. The van der Waals surface area contributed by atoms with Crippen molar-refractivity contribution in [3.05, 3.63) is 0 Å².